The lowest BCUT2D eigenvalue weighted by atomic mass is 10.1. The van der Waals surface area contributed by atoms with Crippen molar-refractivity contribution in [1.82, 2.24) is 0 Å². The van der Waals surface area contributed by atoms with Gasteiger partial charge in [-0.05, 0) is 27.7 Å². The van der Waals surface area contributed by atoms with Crippen LogP contribution in [-0.4, -0.2) is 17.7 Å². The third kappa shape index (κ3) is 5.34. The molecule has 0 aromatic carbocycles. The summed E-state index contributed by atoms with van der Waals surface area (Å²) in [6.07, 6.45) is 1.92. The Morgan fingerprint density at radius 3 is 2.27 bits per heavy atom. The van der Waals surface area contributed by atoms with E-state index in [0.717, 1.165) is 0 Å². The molecule has 0 fully saturated rings. The normalized spacial score (nSPS) is 14.8. The second-order valence-electron chi connectivity index (χ2n) is 3.98. The van der Waals surface area contributed by atoms with Gasteiger partial charge in [-0.1, -0.05) is 12.2 Å². The number of carboxylic acids is 1. The van der Waals surface area contributed by atoms with E-state index < -0.39 is 17.7 Å². The smallest absolute Gasteiger partial charge is 0.137 e. The van der Waals surface area contributed by atoms with Crippen LogP contribution in [0.1, 0.15) is 27.7 Å². The Balaban J connectivity index is 4.50. The van der Waals surface area contributed by atoms with Crippen LogP contribution in [0.15, 0.2) is 24.3 Å². The van der Waals surface area contributed by atoms with Crippen molar-refractivity contribution in [1.29, 1.82) is 0 Å². The molecule has 0 aliphatic rings. The van der Waals surface area contributed by atoms with Gasteiger partial charge in [0.1, 0.15) is 6.10 Å². The van der Waals surface area contributed by atoms with Crippen molar-refractivity contribution >= 4 is 5.97 Å². The molecule has 4 heteroatoms. The fourth-order valence-electron chi connectivity index (χ4n) is 0.813. The molecular formula is C11H17O4-. The SMILES string of the molecule is C=CC(OOC(C)(C)C)/C(=C\C)C(=O)[O-]. The van der Waals surface area contributed by atoms with Crippen molar-refractivity contribution in [3.8, 4) is 0 Å². The molecule has 0 radical (unpaired) electrons. The molecule has 0 amide bonds. The molecular weight excluding hydrogens is 196 g/mol. The Hall–Kier alpha value is -1.13. The number of rotatable bonds is 5. The van der Waals surface area contributed by atoms with E-state index in [0.29, 0.717) is 0 Å². The van der Waals surface area contributed by atoms with Crippen LogP contribution >= 0.6 is 0 Å². The first kappa shape index (κ1) is 13.9. The summed E-state index contributed by atoms with van der Waals surface area (Å²) >= 11 is 0. The molecule has 0 rings (SSSR count). The Morgan fingerprint density at radius 1 is 1.47 bits per heavy atom. The highest BCUT2D eigenvalue weighted by Gasteiger charge is 2.18. The van der Waals surface area contributed by atoms with Crippen molar-refractivity contribution in [2.24, 2.45) is 0 Å². The molecule has 0 saturated heterocycles. The lowest BCUT2D eigenvalue weighted by Gasteiger charge is -2.23. The standard InChI is InChI=1S/C11H18O4/c1-6-8(10(12)13)9(7-2)14-15-11(3,4)5/h6-7,9H,2H2,1,3-5H3,(H,12,13)/p-1/b8-6+. The van der Waals surface area contributed by atoms with Crippen molar-refractivity contribution < 1.29 is 19.7 Å². The molecule has 0 aliphatic carbocycles. The van der Waals surface area contributed by atoms with Crippen LogP contribution < -0.4 is 5.11 Å². The van der Waals surface area contributed by atoms with Crippen molar-refractivity contribution in [3.05, 3.63) is 24.3 Å². The van der Waals surface area contributed by atoms with Crippen molar-refractivity contribution in [2.75, 3.05) is 0 Å². The van der Waals surface area contributed by atoms with Crippen LogP contribution in [0.3, 0.4) is 0 Å². The van der Waals surface area contributed by atoms with Gasteiger partial charge in [0, 0.05) is 5.57 Å². The van der Waals surface area contributed by atoms with Gasteiger partial charge >= 0.3 is 0 Å². The van der Waals surface area contributed by atoms with E-state index in [4.69, 9.17) is 9.78 Å². The minimum atomic E-state index is -1.29. The first-order valence-corrected chi connectivity index (χ1v) is 4.66. The van der Waals surface area contributed by atoms with E-state index in [2.05, 4.69) is 6.58 Å². The maximum absolute atomic E-state index is 10.7. The number of hydrogen-bond acceptors (Lipinski definition) is 4. The van der Waals surface area contributed by atoms with Crippen LogP contribution in [0.2, 0.25) is 0 Å². The fraction of sp³-hybridized carbons (Fsp3) is 0.545. The predicted molar refractivity (Wildman–Crippen MR) is 54.7 cm³/mol. The number of allylic oxidation sites excluding steroid dienone is 1. The van der Waals surface area contributed by atoms with Crippen LogP contribution in [0.25, 0.3) is 0 Å². The summed E-state index contributed by atoms with van der Waals surface area (Å²) in [4.78, 5) is 20.7. The molecule has 1 atom stereocenters. The summed E-state index contributed by atoms with van der Waals surface area (Å²) in [5, 5.41) is 10.7. The molecule has 0 bridgehead atoms. The zero-order valence-corrected chi connectivity index (χ0v) is 9.57. The van der Waals surface area contributed by atoms with E-state index in [1.165, 1.54) is 12.2 Å². The van der Waals surface area contributed by atoms with Crippen LogP contribution in [0, 0.1) is 0 Å². The molecule has 15 heavy (non-hydrogen) atoms. The Labute approximate surface area is 90.1 Å². The largest absolute Gasteiger partial charge is 0.545 e. The highest BCUT2D eigenvalue weighted by molar-refractivity contribution is 5.86. The van der Waals surface area contributed by atoms with Crippen molar-refractivity contribution in [2.45, 2.75) is 39.4 Å². The second-order valence-corrected chi connectivity index (χ2v) is 3.98. The summed E-state index contributed by atoms with van der Waals surface area (Å²) in [5.74, 6) is -1.29. The van der Waals surface area contributed by atoms with E-state index in [1.807, 2.05) is 0 Å². The minimum absolute atomic E-state index is 0.00532. The van der Waals surface area contributed by atoms with Gasteiger partial charge in [0.25, 0.3) is 0 Å². The van der Waals surface area contributed by atoms with Gasteiger partial charge in [0.15, 0.2) is 0 Å². The Bertz CT molecular complexity index is 260. The van der Waals surface area contributed by atoms with Crippen LogP contribution in [0.5, 0.6) is 0 Å². The highest BCUT2D eigenvalue weighted by Crippen LogP contribution is 2.14. The molecule has 0 aromatic heterocycles. The molecule has 1 unspecified atom stereocenters. The van der Waals surface area contributed by atoms with Gasteiger partial charge in [0.05, 0.1) is 11.6 Å². The molecule has 0 aromatic rings. The molecule has 86 valence electrons. The van der Waals surface area contributed by atoms with Gasteiger partial charge in [-0.15, -0.1) is 6.58 Å². The number of hydrogen-bond donors (Lipinski definition) is 0. The average Bonchev–Trinajstić information content (AvgIpc) is 2.09. The minimum Gasteiger partial charge on any atom is -0.545 e. The van der Waals surface area contributed by atoms with Crippen LogP contribution in [0.4, 0.5) is 0 Å². The lowest BCUT2D eigenvalue weighted by Crippen LogP contribution is -2.33. The summed E-state index contributed by atoms with van der Waals surface area (Å²) in [7, 11) is 0. The maximum Gasteiger partial charge on any atom is 0.137 e. The maximum atomic E-state index is 10.7. The zero-order valence-electron chi connectivity index (χ0n) is 9.57. The average molecular weight is 213 g/mol. The van der Waals surface area contributed by atoms with E-state index in [9.17, 15) is 9.90 Å². The monoisotopic (exact) mass is 213 g/mol. The van der Waals surface area contributed by atoms with Crippen molar-refractivity contribution in [3.63, 3.8) is 0 Å². The van der Waals surface area contributed by atoms with Crippen LogP contribution in [-0.2, 0) is 14.6 Å². The molecule has 0 spiro atoms. The number of carbonyl (C=O) groups is 1. The topological polar surface area (TPSA) is 58.6 Å². The Morgan fingerprint density at radius 2 is 2.00 bits per heavy atom. The fourth-order valence-corrected chi connectivity index (χ4v) is 0.813. The second kappa shape index (κ2) is 5.68. The summed E-state index contributed by atoms with van der Waals surface area (Å²) in [6.45, 7) is 10.4. The van der Waals surface area contributed by atoms with E-state index >= 15 is 0 Å². The summed E-state index contributed by atoms with van der Waals surface area (Å²) in [6, 6.07) is 0. The molecule has 0 heterocycles. The summed E-state index contributed by atoms with van der Waals surface area (Å²) in [5.41, 5.74) is -0.513. The quantitative estimate of drug-likeness (QED) is 0.296. The van der Waals surface area contributed by atoms with Gasteiger partial charge in [0.2, 0.25) is 0 Å². The van der Waals surface area contributed by atoms with Gasteiger partial charge in [-0.3, -0.25) is 0 Å². The first-order chi connectivity index (χ1) is 6.81. The zero-order chi connectivity index (χ0) is 12.1. The highest BCUT2D eigenvalue weighted by atomic mass is 17.2. The first-order valence-electron chi connectivity index (χ1n) is 4.66. The number of aliphatic carboxylic acids is 1. The number of carbonyl (C=O) groups excluding carboxylic acids is 1. The Kier molecular flexibility index (Phi) is 5.25. The van der Waals surface area contributed by atoms with E-state index in [1.54, 1.807) is 27.7 Å². The van der Waals surface area contributed by atoms with Gasteiger partial charge < -0.3 is 9.90 Å². The van der Waals surface area contributed by atoms with Gasteiger partial charge in [-0.25, -0.2) is 9.78 Å². The lowest BCUT2D eigenvalue weighted by molar-refractivity contribution is -0.361. The molecule has 0 N–H and O–H groups in total. The third-order valence-corrected chi connectivity index (χ3v) is 1.47. The molecule has 0 aliphatic heterocycles. The predicted octanol–water partition coefficient (Wildman–Crippen LogP) is 0.984. The molecule has 0 saturated carbocycles. The number of carboxylic acid groups (broad SMARTS) is 1. The third-order valence-electron chi connectivity index (χ3n) is 1.47. The summed E-state index contributed by atoms with van der Waals surface area (Å²) < 4.78 is 0. The molecule has 4 nitrogen and oxygen atoms in total. The van der Waals surface area contributed by atoms with Gasteiger partial charge in [-0.2, -0.15) is 0 Å². The van der Waals surface area contributed by atoms with E-state index in [-0.39, 0.29) is 5.57 Å².